The van der Waals surface area contributed by atoms with Gasteiger partial charge in [0.2, 0.25) is 5.88 Å². The predicted octanol–water partition coefficient (Wildman–Crippen LogP) is 3.65. The molecule has 0 N–H and O–H groups in total. The molecule has 2 heterocycles. The lowest BCUT2D eigenvalue weighted by Gasteiger charge is -2.10. The Kier molecular flexibility index (Phi) is 4.63. The summed E-state index contributed by atoms with van der Waals surface area (Å²) in [5.74, 6) is 1.25. The zero-order valence-electron chi connectivity index (χ0n) is 11.7. The van der Waals surface area contributed by atoms with Crippen molar-refractivity contribution in [2.24, 2.45) is 13.0 Å². The molecule has 0 spiro atoms. The Balaban J connectivity index is 0.00000162. The van der Waals surface area contributed by atoms with Gasteiger partial charge in [-0.1, -0.05) is 13.8 Å². The number of pyridine rings is 1. The van der Waals surface area contributed by atoms with Crippen molar-refractivity contribution in [1.82, 2.24) is 9.55 Å². The second-order valence-electron chi connectivity index (χ2n) is 4.99. The van der Waals surface area contributed by atoms with E-state index in [0.717, 1.165) is 11.4 Å². The number of nitrogens with zero attached hydrogens (tertiary/aromatic N) is 2. The molecule has 0 aliphatic carbocycles. The Morgan fingerprint density at radius 2 is 2.00 bits per heavy atom. The topological polar surface area (TPSA) is 27.1 Å². The van der Waals surface area contributed by atoms with Gasteiger partial charge in [0.1, 0.15) is 5.52 Å². The average molecular weight is 269 g/mol. The van der Waals surface area contributed by atoms with Gasteiger partial charge in [-0.2, -0.15) is 0 Å². The number of hydrogen-bond acceptors (Lipinski definition) is 2. The Bertz CT molecular complexity index is 546. The van der Waals surface area contributed by atoms with Crippen molar-refractivity contribution in [2.45, 2.75) is 27.7 Å². The fourth-order valence-corrected chi connectivity index (χ4v) is 2.03. The van der Waals surface area contributed by atoms with Crippen molar-refractivity contribution in [3.8, 4) is 5.88 Å². The molecule has 0 saturated heterocycles. The maximum absolute atomic E-state index is 5.80. The van der Waals surface area contributed by atoms with Crippen molar-refractivity contribution in [3.05, 3.63) is 23.5 Å². The van der Waals surface area contributed by atoms with E-state index in [4.69, 9.17) is 4.74 Å². The van der Waals surface area contributed by atoms with Crippen molar-refractivity contribution < 1.29 is 4.74 Å². The Hall–Kier alpha value is -1.22. The van der Waals surface area contributed by atoms with Gasteiger partial charge in [0, 0.05) is 24.3 Å². The van der Waals surface area contributed by atoms with E-state index in [-0.39, 0.29) is 12.4 Å². The van der Waals surface area contributed by atoms with Crippen molar-refractivity contribution >= 4 is 23.3 Å². The van der Waals surface area contributed by atoms with Crippen LogP contribution in [0.25, 0.3) is 10.9 Å². The lowest BCUT2D eigenvalue weighted by molar-refractivity contribution is 0.264. The van der Waals surface area contributed by atoms with Crippen LogP contribution in [0.2, 0.25) is 0 Å². The van der Waals surface area contributed by atoms with E-state index in [1.54, 1.807) is 0 Å². The minimum absolute atomic E-state index is 0. The fourth-order valence-electron chi connectivity index (χ4n) is 2.03. The molecule has 3 nitrogen and oxygen atoms in total. The Morgan fingerprint density at radius 1 is 1.33 bits per heavy atom. The highest BCUT2D eigenvalue weighted by Crippen LogP contribution is 2.29. The molecule has 0 aliphatic rings. The summed E-state index contributed by atoms with van der Waals surface area (Å²) < 4.78 is 7.96. The molecule has 0 amide bonds. The summed E-state index contributed by atoms with van der Waals surface area (Å²) in [5.41, 5.74) is 3.67. The summed E-state index contributed by atoms with van der Waals surface area (Å²) >= 11 is 0. The van der Waals surface area contributed by atoms with Crippen LogP contribution in [0.15, 0.2) is 12.3 Å². The monoisotopic (exact) mass is 268 g/mol. The first-order valence-electron chi connectivity index (χ1n) is 6.05. The van der Waals surface area contributed by atoms with E-state index in [1.807, 2.05) is 6.20 Å². The van der Waals surface area contributed by atoms with Crippen LogP contribution in [-0.2, 0) is 7.05 Å². The molecule has 0 aliphatic heterocycles. The standard InChI is InChI=1S/C14H20N2O.ClH/c1-9(2)8-17-14-13-12(6-7-15-14)10(3)11(4)16(13)5;/h6-7,9H,8H2,1-5H3;1H. The number of hydrogen-bond donors (Lipinski definition) is 0. The molecular weight excluding hydrogens is 248 g/mol. The van der Waals surface area contributed by atoms with Gasteiger partial charge in [-0.25, -0.2) is 4.98 Å². The maximum Gasteiger partial charge on any atom is 0.238 e. The van der Waals surface area contributed by atoms with E-state index in [0.29, 0.717) is 12.5 Å². The number of fused-ring (bicyclic) bond motifs is 1. The lowest BCUT2D eigenvalue weighted by Crippen LogP contribution is -2.06. The summed E-state index contributed by atoms with van der Waals surface area (Å²) in [7, 11) is 2.06. The van der Waals surface area contributed by atoms with Crippen LogP contribution in [-0.4, -0.2) is 16.2 Å². The highest BCUT2D eigenvalue weighted by atomic mass is 35.5. The number of rotatable bonds is 3. The first-order valence-corrected chi connectivity index (χ1v) is 6.05. The zero-order chi connectivity index (χ0) is 12.6. The van der Waals surface area contributed by atoms with Gasteiger partial charge in [-0.05, 0) is 31.4 Å². The largest absolute Gasteiger partial charge is 0.476 e. The molecule has 18 heavy (non-hydrogen) atoms. The van der Waals surface area contributed by atoms with Crippen LogP contribution in [0, 0.1) is 19.8 Å². The van der Waals surface area contributed by atoms with Crippen LogP contribution in [0.3, 0.4) is 0 Å². The zero-order valence-corrected chi connectivity index (χ0v) is 12.5. The maximum atomic E-state index is 5.80. The van der Waals surface area contributed by atoms with Gasteiger partial charge in [-0.3, -0.25) is 0 Å². The van der Waals surface area contributed by atoms with Gasteiger partial charge >= 0.3 is 0 Å². The molecule has 2 aromatic rings. The summed E-state index contributed by atoms with van der Waals surface area (Å²) in [6.07, 6.45) is 1.82. The molecule has 0 radical (unpaired) electrons. The number of halogens is 1. The lowest BCUT2D eigenvalue weighted by atomic mass is 10.2. The van der Waals surface area contributed by atoms with Crippen LogP contribution < -0.4 is 4.74 Å². The third kappa shape index (κ3) is 2.46. The number of aromatic nitrogens is 2. The minimum atomic E-state index is 0. The van der Waals surface area contributed by atoms with Crippen molar-refractivity contribution in [3.63, 3.8) is 0 Å². The normalized spacial score (nSPS) is 10.8. The summed E-state index contributed by atoms with van der Waals surface area (Å²) in [4.78, 5) is 4.35. The number of ether oxygens (including phenoxy) is 1. The molecule has 0 atom stereocenters. The quantitative estimate of drug-likeness (QED) is 0.850. The highest BCUT2D eigenvalue weighted by Gasteiger charge is 2.13. The number of aryl methyl sites for hydroxylation is 2. The highest BCUT2D eigenvalue weighted by molar-refractivity contribution is 5.88. The third-order valence-electron chi connectivity index (χ3n) is 3.23. The van der Waals surface area contributed by atoms with Crippen LogP contribution in [0.5, 0.6) is 5.88 Å². The van der Waals surface area contributed by atoms with E-state index < -0.39 is 0 Å². The SMILES string of the molecule is Cc1c(C)n(C)c2c(OCC(C)C)nccc12.Cl. The fraction of sp³-hybridized carbons (Fsp3) is 0.500. The van der Waals surface area contributed by atoms with E-state index in [2.05, 4.69) is 50.4 Å². The van der Waals surface area contributed by atoms with Gasteiger partial charge in [0.15, 0.2) is 0 Å². The molecule has 4 heteroatoms. The molecule has 0 unspecified atom stereocenters. The molecule has 2 rings (SSSR count). The Morgan fingerprint density at radius 3 is 2.61 bits per heavy atom. The molecule has 0 saturated carbocycles. The molecule has 0 bridgehead atoms. The molecule has 2 aromatic heterocycles. The van der Waals surface area contributed by atoms with E-state index >= 15 is 0 Å². The molecule has 100 valence electrons. The van der Waals surface area contributed by atoms with Crippen LogP contribution in [0.1, 0.15) is 25.1 Å². The van der Waals surface area contributed by atoms with Gasteiger partial charge in [0.25, 0.3) is 0 Å². The first-order chi connectivity index (χ1) is 8.02. The minimum Gasteiger partial charge on any atom is -0.476 e. The van der Waals surface area contributed by atoms with Crippen molar-refractivity contribution in [1.29, 1.82) is 0 Å². The smallest absolute Gasteiger partial charge is 0.238 e. The summed E-state index contributed by atoms with van der Waals surface area (Å²) in [6, 6.07) is 2.06. The summed E-state index contributed by atoms with van der Waals surface area (Å²) in [5, 5.41) is 1.23. The molecular formula is C14H21ClN2O. The van der Waals surface area contributed by atoms with E-state index in [1.165, 1.54) is 16.6 Å². The average Bonchev–Trinajstić information content (AvgIpc) is 2.52. The van der Waals surface area contributed by atoms with Crippen molar-refractivity contribution in [2.75, 3.05) is 6.61 Å². The second kappa shape index (κ2) is 5.61. The van der Waals surface area contributed by atoms with Gasteiger partial charge in [0.05, 0.1) is 6.61 Å². The van der Waals surface area contributed by atoms with Crippen LogP contribution in [0.4, 0.5) is 0 Å². The first kappa shape index (κ1) is 14.8. The molecule has 0 aromatic carbocycles. The predicted molar refractivity (Wildman–Crippen MR) is 77.8 cm³/mol. The van der Waals surface area contributed by atoms with Gasteiger partial charge < -0.3 is 9.30 Å². The summed E-state index contributed by atoms with van der Waals surface area (Å²) in [6.45, 7) is 9.25. The van der Waals surface area contributed by atoms with Gasteiger partial charge in [-0.15, -0.1) is 12.4 Å². The Labute approximate surface area is 115 Å². The second-order valence-corrected chi connectivity index (χ2v) is 4.99. The molecule has 0 fully saturated rings. The van der Waals surface area contributed by atoms with E-state index in [9.17, 15) is 0 Å². The van der Waals surface area contributed by atoms with Crippen LogP contribution >= 0.6 is 12.4 Å². The third-order valence-corrected chi connectivity index (χ3v) is 3.23.